The average molecular weight is 211 g/mol. The van der Waals surface area contributed by atoms with E-state index >= 15 is 0 Å². The van der Waals surface area contributed by atoms with Crippen LogP contribution in [0, 0.1) is 13.8 Å². The summed E-state index contributed by atoms with van der Waals surface area (Å²) < 4.78 is 0. The van der Waals surface area contributed by atoms with E-state index in [2.05, 4.69) is 12.1 Å². The fraction of sp³-hybridized carbons (Fsp3) is 0.417. The first kappa shape index (κ1) is 11.3. The van der Waals surface area contributed by atoms with Gasteiger partial charge in [-0.1, -0.05) is 36.2 Å². The van der Waals surface area contributed by atoms with Crippen LogP contribution in [-0.2, 0) is 4.79 Å². The van der Waals surface area contributed by atoms with Crippen LogP contribution in [0.5, 0.6) is 0 Å². The summed E-state index contributed by atoms with van der Waals surface area (Å²) in [4.78, 5) is 10.4. The molecule has 0 aromatic heterocycles. The molecular weight excluding hydrogens is 196 g/mol. The second-order valence-corrected chi connectivity index (χ2v) is 4.17. The number of halogens is 1. The maximum absolute atomic E-state index is 10.4. The molecule has 0 aliphatic carbocycles. The van der Waals surface area contributed by atoms with Crippen molar-refractivity contribution in [3.05, 3.63) is 33.8 Å². The molecule has 1 aromatic rings. The first-order valence-electron chi connectivity index (χ1n) is 4.76. The third-order valence-electron chi connectivity index (χ3n) is 2.41. The third-order valence-corrected chi connectivity index (χ3v) is 2.92. The Hall–Kier alpha value is -0.820. The molecule has 1 aromatic carbocycles. The van der Waals surface area contributed by atoms with Gasteiger partial charge in [0.1, 0.15) is 6.29 Å². The number of hydrogen-bond donors (Lipinski definition) is 0. The highest BCUT2D eigenvalue weighted by atomic mass is 35.5. The molecule has 0 aliphatic heterocycles. The van der Waals surface area contributed by atoms with Crippen LogP contribution in [0.25, 0.3) is 0 Å². The Labute approximate surface area is 90.1 Å². The number of hydrogen-bond acceptors (Lipinski definition) is 1. The summed E-state index contributed by atoms with van der Waals surface area (Å²) >= 11 is 6.18. The van der Waals surface area contributed by atoms with Crippen molar-refractivity contribution in [3.8, 4) is 0 Å². The van der Waals surface area contributed by atoms with E-state index in [1.54, 1.807) is 0 Å². The van der Waals surface area contributed by atoms with Crippen molar-refractivity contribution in [1.29, 1.82) is 0 Å². The zero-order valence-electron chi connectivity index (χ0n) is 8.80. The fourth-order valence-electron chi connectivity index (χ4n) is 1.61. The highest BCUT2D eigenvalue weighted by Gasteiger charge is 2.11. The molecule has 0 saturated carbocycles. The van der Waals surface area contributed by atoms with Gasteiger partial charge in [-0.15, -0.1) is 0 Å². The fourth-order valence-corrected chi connectivity index (χ4v) is 1.91. The quantitative estimate of drug-likeness (QED) is 0.696. The van der Waals surface area contributed by atoms with Crippen LogP contribution in [-0.4, -0.2) is 6.29 Å². The Morgan fingerprint density at radius 1 is 1.43 bits per heavy atom. The summed E-state index contributed by atoms with van der Waals surface area (Å²) in [6, 6.07) is 4.11. The summed E-state index contributed by atoms with van der Waals surface area (Å²) in [6.07, 6.45) is 1.47. The first-order chi connectivity index (χ1) is 6.56. The Morgan fingerprint density at radius 2 is 2.07 bits per heavy atom. The number of aldehydes is 1. The molecule has 76 valence electrons. The lowest BCUT2D eigenvalue weighted by Crippen LogP contribution is -1.97. The molecule has 0 saturated heterocycles. The Bertz CT molecular complexity index is 344. The normalized spacial score (nSPS) is 12.6. The van der Waals surface area contributed by atoms with E-state index in [4.69, 9.17) is 11.6 Å². The molecule has 2 heteroatoms. The average Bonchev–Trinajstić information content (AvgIpc) is 2.11. The zero-order chi connectivity index (χ0) is 10.7. The Balaban J connectivity index is 3.12. The summed E-state index contributed by atoms with van der Waals surface area (Å²) in [5.41, 5.74) is 3.36. The number of carbonyl (C=O) groups excluding carboxylic acids is 1. The van der Waals surface area contributed by atoms with Crippen LogP contribution in [0.3, 0.4) is 0 Å². The molecule has 0 N–H and O–H groups in total. The van der Waals surface area contributed by atoms with Crippen LogP contribution in [0.15, 0.2) is 12.1 Å². The molecule has 14 heavy (non-hydrogen) atoms. The second-order valence-electron chi connectivity index (χ2n) is 3.79. The van der Waals surface area contributed by atoms with Gasteiger partial charge in [-0.05, 0) is 30.9 Å². The highest BCUT2D eigenvalue weighted by molar-refractivity contribution is 6.32. The molecule has 1 atom stereocenters. The number of aryl methyl sites for hydroxylation is 2. The third kappa shape index (κ3) is 2.36. The van der Waals surface area contributed by atoms with E-state index in [0.717, 1.165) is 22.4 Å². The minimum atomic E-state index is 0.207. The summed E-state index contributed by atoms with van der Waals surface area (Å²) in [5, 5.41) is 0.796. The van der Waals surface area contributed by atoms with Crippen molar-refractivity contribution >= 4 is 17.9 Å². The van der Waals surface area contributed by atoms with Gasteiger partial charge in [-0.25, -0.2) is 0 Å². The first-order valence-corrected chi connectivity index (χ1v) is 5.14. The minimum Gasteiger partial charge on any atom is -0.303 e. The molecule has 0 amide bonds. The van der Waals surface area contributed by atoms with Gasteiger partial charge < -0.3 is 4.79 Å². The lowest BCUT2D eigenvalue weighted by molar-refractivity contribution is -0.108. The van der Waals surface area contributed by atoms with Gasteiger partial charge in [-0.3, -0.25) is 0 Å². The van der Waals surface area contributed by atoms with Crippen LogP contribution in [0.4, 0.5) is 0 Å². The lowest BCUT2D eigenvalue weighted by atomic mass is 9.95. The van der Waals surface area contributed by atoms with Gasteiger partial charge in [0.15, 0.2) is 0 Å². The van der Waals surface area contributed by atoms with Crippen molar-refractivity contribution in [2.24, 2.45) is 0 Å². The van der Waals surface area contributed by atoms with Crippen LogP contribution >= 0.6 is 11.6 Å². The van der Waals surface area contributed by atoms with E-state index in [1.165, 1.54) is 5.56 Å². The second kappa shape index (κ2) is 4.61. The molecule has 0 bridgehead atoms. The molecule has 1 nitrogen and oxygen atoms in total. The van der Waals surface area contributed by atoms with Crippen LogP contribution < -0.4 is 0 Å². The van der Waals surface area contributed by atoms with Crippen molar-refractivity contribution in [1.82, 2.24) is 0 Å². The minimum absolute atomic E-state index is 0.207. The lowest BCUT2D eigenvalue weighted by Gasteiger charge is -2.13. The van der Waals surface area contributed by atoms with Gasteiger partial charge in [0, 0.05) is 11.4 Å². The molecule has 1 unspecified atom stereocenters. The molecule has 1 rings (SSSR count). The van der Waals surface area contributed by atoms with Crippen molar-refractivity contribution in [2.45, 2.75) is 33.1 Å². The highest BCUT2D eigenvalue weighted by Crippen LogP contribution is 2.30. The molecule has 0 fully saturated rings. The Kier molecular flexibility index (Phi) is 3.70. The van der Waals surface area contributed by atoms with Crippen LogP contribution in [0.1, 0.15) is 36.0 Å². The SMILES string of the molecule is Cc1cc(C)c(Cl)c(C(C)CC=O)c1. The summed E-state index contributed by atoms with van der Waals surface area (Å²) in [7, 11) is 0. The van der Waals surface area contributed by atoms with Gasteiger partial charge in [0.05, 0.1) is 0 Å². The molecule has 0 radical (unpaired) electrons. The number of benzene rings is 1. The van der Waals surface area contributed by atoms with Crippen molar-refractivity contribution < 1.29 is 4.79 Å². The zero-order valence-corrected chi connectivity index (χ0v) is 9.56. The smallest absolute Gasteiger partial charge is 0.120 e. The van der Waals surface area contributed by atoms with Gasteiger partial charge in [0.2, 0.25) is 0 Å². The largest absolute Gasteiger partial charge is 0.303 e. The van der Waals surface area contributed by atoms with E-state index in [-0.39, 0.29) is 5.92 Å². The number of rotatable bonds is 3. The number of carbonyl (C=O) groups is 1. The summed E-state index contributed by atoms with van der Waals surface area (Å²) in [5.74, 6) is 0.207. The molecular formula is C12H15ClO. The standard InChI is InChI=1S/C12H15ClO/c1-8-6-10(3)12(13)11(7-8)9(2)4-5-14/h5-7,9H,4H2,1-3H3. The van der Waals surface area contributed by atoms with Gasteiger partial charge in [-0.2, -0.15) is 0 Å². The Morgan fingerprint density at radius 3 is 2.64 bits per heavy atom. The van der Waals surface area contributed by atoms with Crippen molar-refractivity contribution in [3.63, 3.8) is 0 Å². The molecule has 0 aliphatic rings. The van der Waals surface area contributed by atoms with E-state index < -0.39 is 0 Å². The van der Waals surface area contributed by atoms with Crippen molar-refractivity contribution in [2.75, 3.05) is 0 Å². The van der Waals surface area contributed by atoms with Crippen LogP contribution in [0.2, 0.25) is 5.02 Å². The predicted molar refractivity (Wildman–Crippen MR) is 60.0 cm³/mol. The summed E-state index contributed by atoms with van der Waals surface area (Å²) in [6.45, 7) is 6.06. The van der Waals surface area contributed by atoms with E-state index in [0.29, 0.717) is 6.42 Å². The van der Waals surface area contributed by atoms with Gasteiger partial charge in [0.25, 0.3) is 0 Å². The maximum Gasteiger partial charge on any atom is 0.120 e. The maximum atomic E-state index is 10.4. The molecule has 0 heterocycles. The predicted octanol–water partition coefficient (Wildman–Crippen LogP) is 3.65. The van der Waals surface area contributed by atoms with E-state index in [9.17, 15) is 4.79 Å². The van der Waals surface area contributed by atoms with E-state index in [1.807, 2.05) is 20.8 Å². The van der Waals surface area contributed by atoms with Gasteiger partial charge >= 0.3 is 0 Å². The monoisotopic (exact) mass is 210 g/mol. The molecule has 0 spiro atoms. The topological polar surface area (TPSA) is 17.1 Å².